The second-order valence-corrected chi connectivity index (χ2v) is 4.95. The number of benzene rings is 1. The number of aromatic nitrogens is 3. The van der Waals surface area contributed by atoms with Crippen LogP contribution in [-0.4, -0.2) is 20.9 Å². The predicted molar refractivity (Wildman–Crippen MR) is 84.6 cm³/mol. The summed E-state index contributed by atoms with van der Waals surface area (Å²) < 4.78 is 0. The number of nitrogens with zero attached hydrogens (tertiary/aromatic N) is 2. The van der Waals surface area contributed by atoms with Gasteiger partial charge >= 0.3 is 0 Å². The number of aryl methyl sites for hydroxylation is 2. The summed E-state index contributed by atoms with van der Waals surface area (Å²) in [5.74, 6) is 0.301. The maximum Gasteiger partial charge on any atom is 0.274 e. The number of aromatic amines is 1. The third-order valence-electron chi connectivity index (χ3n) is 3.35. The van der Waals surface area contributed by atoms with E-state index in [9.17, 15) is 4.79 Å². The number of amides is 1. The Balaban J connectivity index is 1.64. The number of nitrogens with one attached hydrogen (secondary N) is 2. The average molecular weight is 292 g/mol. The first-order valence-electron chi connectivity index (χ1n) is 7.10. The number of rotatable bonds is 5. The van der Waals surface area contributed by atoms with E-state index in [0.29, 0.717) is 11.5 Å². The lowest BCUT2D eigenvalue weighted by molar-refractivity contribution is 0.102. The molecule has 0 aliphatic carbocycles. The van der Waals surface area contributed by atoms with E-state index < -0.39 is 0 Å². The fourth-order valence-electron chi connectivity index (χ4n) is 2.20. The van der Waals surface area contributed by atoms with E-state index in [1.807, 2.05) is 30.3 Å². The second kappa shape index (κ2) is 6.67. The van der Waals surface area contributed by atoms with Gasteiger partial charge in [-0.3, -0.25) is 4.79 Å². The highest BCUT2D eigenvalue weighted by Gasteiger charge is 2.08. The molecule has 1 aromatic carbocycles. The number of anilines is 1. The second-order valence-electron chi connectivity index (χ2n) is 4.95. The third-order valence-corrected chi connectivity index (χ3v) is 3.35. The number of imidazole rings is 1. The van der Waals surface area contributed by atoms with E-state index in [-0.39, 0.29) is 5.91 Å². The molecular formula is C17H16N4O. The molecule has 22 heavy (non-hydrogen) atoms. The topological polar surface area (TPSA) is 70.7 Å². The average Bonchev–Trinajstić information content (AvgIpc) is 3.09. The number of H-pyrrole nitrogens is 1. The Hall–Kier alpha value is -2.95. The van der Waals surface area contributed by atoms with E-state index in [1.165, 1.54) is 18.1 Å². The Labute approximate surface area is 128 Å². The zero-order valence-corrected chi connectivity index (χ0v) is 12.0. The molecule has 5 heteroatoms. The number of hydrogen-bond acceptors (Lipinski definition) is 3. The van der Waals surface area contributed by atoms with Crippen LogP contribution in [0.15, 0.2) is 61.2 Å². The Morgan fingerprint density at radius 3 is 2.68 bits per heavy atom. The summed E-state index contributed by atoms with van der Waals surface area (Å²) in [4.78, 5) is 22.7. The van der Waals surface area contributed by atoms with Crippen LogP contribution in [0.4, 0.5) is 5.82 Å². The van der Waals surface area contributed by atoms with Crippen molar-refractivity contribution in [3.05, 3.63) is 78.0 Å². The quantitative estimate of drug-likeness (QED) is 0.759. The number of carbonyl (C=O) groups is 1. The van der Waals surface area contributed by atoms with E-state index in [0.717, 1.165) is 18.4 Å². The monoisotopic (exact) mass is 292 g/mol. The number of carbonyl (C=O) groups excluding carboxylic acids is 1. The van der Waals surface area contributed by atoms with E-state index in [1.54, 1.807) is 6.20 Å². The molecular weight excluding hydrogens is 276 g/mol. The molecule has 2 N–H and O–H groups in total. The molecule has 1 amide bonds. The lowest BCUT2D eigenvalue weighted by atomic mass is 10.1. The first-order valence-corrected chi connectivity index (χ1v) is 7.10. The van der Waals surface area contributed by atoms with Gasteiger partial charge in [0.25, 0.3) is 5.91 Å². The van der Waals surface area contributed by atoms with Crippen LogP contribution in [0.2, 0.25) is 0 Å². The molecule has 0 saturated heterocycles. The molecule has 0 aliphatic rings. The smallest absolute Gasteiger partial charge is 0.274 e. The van der Waals surface area contributed by atoms with Crippen LogP contribution in [0.25, 0.3) is 0 Å². The van der Waals surface area contributed by atoms with Crippen LogP contribution >= 0.6 is 0 Å². The molecule has 0 aliphatic heterocycles. The molecule has 0 unspecified atom stereocenters. The van der Waals surface area contributed by atoms with Crippen molar-refractivity contribution >= 4 is 11.7 Å². The largest absolute Gasteiger partial charge is 0.341 e. The summed E-state index contributed by atoms with van der Waals surface area (Å²) in [6.45, 7) is 0. The standard InChI is InChI=1S/C17H16N4O/c22-17(15-11-18-12-20-15)21-16-10-14(8-9-19-16)7-6-13-4-2-1-3-5-13/h1-5,8-12H,6-7H2,(H,18,20)(H,19,21,22). The zero-order valence-electron chi connectivity index (χ0n) is 12.0. The predicted octanol–water partition coefficient (Wildman–Crippen LogP) is 2.84. The van der Waals surface area contributed by atoms with Gasteiger partial charge in [-0.15, -0.1) is 0 Å². The van der Waals surface area contributed by atoms with E-state index >= 15 is 0 Å². The van der Waals surface area contributed by atoms with Gasteiger partial charge in [0.2, 0.25) is 0 Å². The van der Waals surface area contributed by atoms with Crippen LogP contribution in [0.3, 0.4) is 0 Å². The summed E-state index contributed by atoms with van der Waals surface area (Å²) >= 11 is 0. The Morgan fingerprint density at radius 2 is 1.91 bits per heavy atom. The zero-order chi connectivity index (χ0) is 15.2. The molecule has 3 rings (SSSR count). The van der Waals surface area contributed by atoms with Crippen molar-refractivity contribution in [2.45, 2.75) is 12.8 Å². The third kappa shape index (κ3) is 3.58. The SMILES string of the molecule is O=C(Nc1cc(CCc2ccccc2)ccn1)c1cnc[nH]1. The number of pyridine rings is 1. The Bertz CT molecular complexity index is 738. The van der Waals surface area contributed by atoms with Crippen molar-refractivity contribution < 1.29 is 4.79 Å². The van der Waals surface area contributed by atoms with Gasteiger partial charge in [0.15, 0.2) is 0 Å². The molecule has 0 saturated carbocycles. The lowest BCUT2D eigenvalue weighted by Crippen LogP contribution is -2.13. The fraction of sp³-hybridized carbons (Fsp3) is 0.118. The van der Waals surface area contributed by atoms with Gasteiger partial charge in [0.1, 0.15) is 11.5 Å². The molecule has 0 fully saturated rings. The first kappa shape index (κ1) is 14.0. The maximum absolute atomic E-state index is 11.9. The number of hydrogen-bond donors (Lipinski definition) is 2. The molecule has 110 valence electrons. The molecule has 0 spiro atoms. The van der Waals surface area contributed by atoms with Crippen molar-refractivity contribution in [3.8, 4) is 0 Å². The van der Waals surface area contributed by atoms with Gasteiger partial charge in [-0.2, -0.15) is 0 Å². The molecule has 2 aromatic heterocycles. The van der Waals surface area contributed by atoms with Gasteiger partial charge in [0, 0.05) is 6.20 Å². The minimum atomic E-state index is -0.245. The Kier molecular flexibility index (Phi) is 4.25. The van der Waals surface area contributed by atoms with Crippen molar-refractivity contribution in [1.82, 2.24) is 15.0 Å². The van der Waals surface area contributed by atoms with Crippen LogP contribution in [0, 0.1) is 0 Å². The normalized spacial score (nSPS) is 10.4. The lowest BCUT2D eigenvalue weighted by Gasteiger charge is -2.06. The fourth-order valence-corrected chi connectivity index (χ4v) is 2.20. The van der Waals surface area contributed by atoms with Gasteiger partial charge < -0.3 is 10.3 Å². The summed E-state index contributed by atoms with van der Waals surface area (Å²) in [6.07, 6.45) is 6.52. The van der Waals surface area contributed by atoms with Gasteiger partial charge in [0.05, 0.1) is 12.5 Å². The molecule has 0 atom stereocenters. The van der Waals surface area contributed by atoms with Crippen molar-refractivity contribution in [3.63, 3.8) is 0 Å². The van der Waals surface area contributed by atoms with Crippen LogP contribution < -0.4 is 5.32 Å². The summed E-state index contributed by atoms with van der Waals surface area (Å²) in [5, 5.41) is 2.76. The van der Waals surface area contributed by atoms with Crippen LogP contribution in [0.5, 0.6) is 0 Å². The van der Waals surface area contributed by atoms with Gasteiger partial charge in [-0.1, -0.05) is 30.3 Å². The molecule has 3 aromatic rings. The van der Waals surface area contributed by atoms with Gasteiger partial charge in [-0.05, 0) is 36.1 Å². The molecule has 0 bridgehead atoms. The Morgan fingerprint density at radius 1 is 1.09 bits per heavy atom. The van der Waals surface area contributed by atoms with E-state index in [4.69, 9.17) is 0 Å². The minimum Gasteiger partial charge on any atom is -0.341 e. The highest BCUT2D eigenvalue weighted by molar-refractivity contribution is 6.02. The highest BCUT2D eigenvalue weighted by atomic mass is 16.1. The van der Waals surface area contributed by atoms with Crippen molar-refractivity contribution in [2.75, 3.05) is 5.32 Å². The van der Waals surface area contributed by atoms with Crippen molar-refractivity contribution in [2.24, 2.45) is 0 Å². The van der Waals surface area contributed by atoms with Crippen molar-refractivity contribution in [1.29, 1.82) is 0 Å². The summed E-state index contributed by atoms with van der Waals surface area (Å²) in [6, 6.07) is 14.2. The molecule has 0 radical (unpaired) electrons. The first-order chi connectivity index (χ1) is 10.8. The maximum atomic E-state index is 11.9. The summed E-state index contributed by atoms with van der Waals surface area (Å²) in [5.41, 5.74) is 2.85. The minimum absolute atomic E-state index is 0.245. The van der Waals surface area contributed by atoms with E-state index in [2.05, 4.69) is 32.4 Å². The van der Waals surface area contributed by atoms with Crippen LogP contribution in [-0.2, 0) is 12.8 Å². The molecule has 2 heterocycles. The highest BCUT2D eigenvalue weighted by Crippen LogP contribution is 2.11. The summed E-state index contributed by atoms with van der Waals surface area (Å²) in [7, 11) is 0. The molecule has 5 nitrogen and oxygen atoms in total. The van der Waals surface area contributed by atoms with Gasteiger partial charge in [-0.25, -0.2) is 9.97 Å². The van der Waals surface area contributed by atoms with Crippen LogP contribution in [0.1, 0.15) is 21.6 Å².